The van der Waals surface area contributed by atoms with Crippen LogP contribution in [-0.2, 0) is 6.54 Å². The Balaban J connectivity index is 1.62. The molecule has 0 N–H and O–H groups in total. The Bertz CT molecular complexity index is 570. The molecule has 3 rings (SSSR count). The van der Waals surface area contributed by atoms with E-state index in [2.05, 4.69) is 27.3 Å². The highest BCUT2D eigenvalue weighted by atomic mass is 19.4. The smallest absolute Gasteiger partial charge is 0.422 e. The Morgan fingerprint density at radius 2 is 2.14 bits per heavy atom. The Labute approximate surface area is 127 Å². The highest BCUT2D eigenvalue weighted by molar-refractivity contribution is 5.28. The molecule has 1 aliphatic carbocycles. The molecule has 0 amide bonds. The first-order valence-corrected chi connectivity index (χ1v) is 7.27. The van der Waals surface area contributed by atoms with Crippen molar-refractivity contribution in [1.82, 2.24) is 15.0 Å². The molecule has 120 valence electrons. The van der Waals surface area contributed by atoms with Crippen molar-refractivity contribution in [2.24, 2.45) is 0 Å². The number of aryl methyl sites for hydroxylation is 1. The maximum atomic E-state index is 12.2. The van der Waals surface area contributed by atoms with Crippen molar-refractivity contribution in [3.8, 4) is 5.88 Å². The number of rotatable bonds is 5. The molecule has 2 heterocycles. The molecular weight excluding hydrogens is 295 g/mol. The molecule has 1 aromatic heterocycles. The van der Waals surface area contributed by atoms with Crippen LogP contribution in [-0.4, -0.2) is 40.4 Å². The van der Waals surface area contributed by atoms with Crippen LogP contribution in [0.2, 0.25) is 0 Å². The van der Waals surface area contributed by atoms with Crippen LogP contribution in [0.4, 0.5) is 13.2 Å². The first-order chi connectivity index (χ1) is 10.4. The molecule has 0 spiro atoms. The van der Waals surface area contributed by atoms with Crippen molar-refractivity contribution in [2.45, 2.75) is 38.5 Å². The number of hydrazine groups is 1. The van der Waals surface area contributed by atoms with Gasteiger partial charge in [-0.15, -0.1) is 0 Å². The van der Waals surface area contributed by atoms with Gasteiger partial charge in [0.2, 0.25) is 5.88 Å². The molecule has 0 atom stereocenters. The van der Waals surface area contributed by atoms with Gasteiger partial charge in [0.25, 0.3) is 0 Å². The minimum Gasteiger partial charge on any atom is -0.468 e. The number of ether oxygens (including phenoxy) is 1. The molecule has 1 aromatic rings. The summed E-state index contributed by atoms with van der Waals surface area (Å²) in [5, 5.41) is 4.45. The molecule has 1 fully saturated rings. The van der Waals surface area contributed by atoms with Crippen molar-refractivity contribution in [2.75, 3.05) is 13.2 Å². The predicted molar refractivity (Wildman–Crippen MR) is 74.9 cm³/mol. The third-order valence-corrected chi connectivity index (χ3v) is 3.65. The summed E-state index contributed by atoms with van der Waals surface area (Å²) in [5.74, 6) is 0.0414. The van der Waals surface area contributed by atoms with Crippen LogP contribution in [0.15, 0.2) is 24.5 Å². The Morgan fingerprint density at radius 3 is 2.77 bits per heavy atom. The van der Waals surface area contributed by atoms with E-state index in [-0.39, 0.29) is 5.88 Å². The summed E-state index contributed by atoms with van der Waals surface area (Å²) < 4.78 is 41.2. The van der Waals surface area contributed by atoms with Crippen LogP contribution >= 0.6 is 0 Å². The number of halogens is 3. The number of nitrogens with zero attached hydrogens (tertiary/aromatic N) is 3. The quantitative estimate of drug-likeness (QED) is 0.835. The molecule has 0 radical (unpaired) electrons. The molecular formula is C15H18F3N3O. The molecule has 0 saturated heterocycles. The van der Waals surface area contributed by atoms with E-state index in [0.29, 0.717) is 18.2 Å². The maximum Gasteiger partial charge on any atom is 0.422 e. The van der Waals surface area contributed by atoms with Crippen molar-refractivity contribution < 1.29 is 17.9 Å². The largest absolute Gasteiger partial charge is 0.468 e. The Morgan fingerprint density at radius 1 is 1.36 bits per heavy atom. The van der Waals surface area contributed by atoms with Crippen LogP contribution < -0.4 is 4.74 Å². The molecule has 1 aliphatic heterocycles. The van der Waals surface area contributed by atoms with Gasteiger partial charge in [-0.2, -0.15) is 13.2 Å². The highest BCUT2D eigenvalue weighted by Gasteiger charge is 2.32. The van der Waals surface area contributed by atoms with E-state index in [9.17, 15) is 13.2 Å². The molecule has 0 unspecified atom stereocenters. The van der Waals surface area contributed by atoms with Crippen LogP contribution in [0, 0.1) is 6.92 Å². The van der Waals surface area contributed by atoms with Gasteiger partial charge in [-0.25, -0.2) is 9.99 Å². The van der Waals surface area contributed by atoms with E-state index < -0.39 is 12.8 Å². The average Bonchev–Trinajstić information content (AvgIpc) is 3.17. The van der Waals surface area contributed by atoms with Crippen LogP contribution in [0.25, 0.3) is 0 Å². The van der Waals surface area contributed by atoms with E-state index in [1.165, 1.54) is 12.8 Å². The SMILES string of the molecule is Cc1cc(CN2CC=CN2C2CC2)cnc1OCC(F)(F)F. The van der Waals surface area contributed by atoms with Crippen molar-refractivity contribution in [1.29, 1.82) is 0 Å². The molecule has 0 aromatic carbocycles. The van der Waals surface area contributed by atoms with Crippen LogP contribution in [0.1, 0.15) is 24.0 Å². The Kier molecular flexibility index (Phi) is 3.99. The minimum atomic E-state index is -4.35. The molecule has 0 bridgehead atoms. The topological polar surface area (TPSA) is 28.6 Å². The van der Waals surface area contributed by atoms with Gasteiger partial charge >= 0.3 is 6.18 Å². The molecule has 7 heteroatoms. The van der Waals surface area contributed by atoms with Gasteiger partial charge in [0.1, 0.15) is 0 Å². The number of hydrogen-bond acceptors (Lipinski definition) is 4. The van der Waals surface area contributed by atoms with Gasteiger partial charge < -0.3 is 9.75 Å². The summed E-state index contributed by atoms with van der Waals surface area (Å²) in [4.78, 5) is 4.02. The zero-order chi connectivity index (χ0) is 15.7. The first-order valence-electron chi connectivity index (χ1n) is 7.27. The lowest BCUT2D eigenvalue weighted by atomic mass is 10.2. The van der Waals surface area contributed by atoms with Gasteiger partial charge in [0.15, 0.2) is 6.61 Å². The lowest BCUT2D eigenvalue weighted by Crippen LogP contribution is -2.36. The number of hydrogen-bond donors (Lipinski definition) is 0. The third kappa shape index (κ3) is 3.71. The lowest BCUT2D eigenvalue weighted by molar-refractivity contribution is -0.154. The number of pyridine rings is 1. The molecule has 22 heavy (non-hydrogen) atoms. The predicted octanol–water partition coefficient (Wildman–Crippen LogP) is 3.04. The number of aromatic nitrogens is 1. The van der Waals surface area contributed by atoms with Crippen LogP contribution in [0.3, 0.4) is 0 Å². The minimum absolute atomic E-state index is 0.0414. The van der Waals surface area contributed by atoms with Gasteiger partial charge in [0.05, 0.1) is 0 Å². The van der Waals surface area contributed by atoms with Crippen molar-refractivity contribution in [3.63, 3.8) is 0 Å². The van der Waals surface area contributed by atoms with E-state index in [4.69, 9.17) is 4.74 Å². The normalized spacial score (nSPS) is 19.0. The van der Waals surface area contributed by atoms with E-state index >= 15 is 0 Å². The van der Waals surface area contributed by atoms with Gasteiger partial charge in [0, 0.05) is 37.1 Å². The monoisotopic (exact) mass is 313 g/mol. The van der Waals surface area contributed by atoms with Gasteiger partial charge in [-0.05, 0) is 31.4 Å². The lowest BCUT2D eigenvalue weighted by Gasteiger charge is -2.29. The highest BCUT2D eigenvalue weighted by Crippen LogP contribution is 2.31. The summed E-state index contributed by atoms with van der Waals surface area (Å²) in [5.41, 5.74) is 1.58. The summed E-state index contributed by atoms with van der Waals surface area (Å²) in [6.45, 7) is 1.94. The molecule has 2 aliphatic rings. The Hall–Kier alpha value is -1.76. The van der Waals surface area contributed by atoms with Crippen molar-refractivity contribution in [3.05, 3.63) is 35.7 Å². The summed E-state index contributed by atoms with van der Waals surface area (Å²) in [7, 11) is 0. The standard InChI is InChI=1S/C15H18F3N3O/c1-11-7-12(8-19-14(11)22-10-15(16,17)18)9-20-5-2-6-21(20)13-3-4-13/h2,6-8,13H,3-5,9-10H2,1H3. The second-order valence-electron chi connectivity index (χ2n) is 5.71. The zero-order valence-electron chi connectivity index (χ0n) is 12.3. The third-order valence-electron chi connectivity index (χ3n) is 3.65. The summed E-state index contributed by atoms with van der Waals surface area (Å²) in [6.07, 6.45) is 3.86. The fourth-order valence-electron chi connectivity index (χ4n) is 2.52. The summed E-state index contributed by atoms with van der Waals surface area (Å²) >= 11 is 0. The maximum absolute atomic E-state index is 12.2. The molecule has 4 nitrogen and oxygen atoms in total. The average molecular weight is 313 g/mol. The second kappa shape index (κ2) is 5.79. The fourth-order valence-corrected chi connectivity index (χ4v) is 2.52. The van der Waals surface area contributed by atoms with Crippen molar-refractivity contribution >= 4 is 0 Å². The fraction of sp³-hybridized carbons (Fsp3) is 0.533. The van der Waals surface area contributed by atoms with Gasteiger partial charge in [-0.1, -0.05) is 6.08 Å². The van der Waals surface area contributed by atoms with Gasteiger partial charge in [-0.3, -0.25) is 0 Å². The first kappa shape index (κ1) is 15.1. The number of alkyl halides is 3. The van der Waals surface area contributed by atoms with E-state index in [1.807, 2.05) is 6.07 Å². The van der Waals surface area contributed by atoms with Crippen LogP contribution in [0.5, 0.6) is 5.88 Å². The molecule has 1 saturated carbocycles. The van der Waals surface area contributed by atoms with E-state index in [1.54, 1.807) is 13.1 Å². The summed E-state index contributed by atoms with van der Waals surface area (Å²) in [6, 6.07) is 2.43. The van der Waals surface area contributed by atoms with E-state index in [0.717, 1.165) is 12.1 Å². The zero-order valence-corrected chi connectivity index (χ0v) is 12.3. The second-order valence-corrected chi connectivity index (χ2v) is 5.71.